The molecule has 2 atom stereocenters. The Balaban J connectivity index is 1.57. The molecular weight excluding hydrogens is 262 g/mol. The summed E-state index contributed by atoms with van der Waals surface area (Å²) in [6, 6.07) is 8.08. The molecule has 1 N–H and O–H groups in total. The van der Waals surface area contributed by atoms with Gasteiger partial charge in [-0.1, -0.05) is 35.9 Å². The summed E-state index contributed by atoms with van der Waals surface area (Å²) in [5.41, 5.74) is 2.17. The summed E-state index contributed by atoms with van der Waals surface area (Å²) >= 11 is 0. The molecule has 3 heteroatoms. The number of nitrogens with zero attached hydrogens (tertiary/aromatic N) is 1. The second-order valence-electron chi connectivity index (χ2n) is 5.89. The first-order chi connectivity index (χ1) is 10.2. The van der Waals surface area contributed by atoms with Gasteiger partial charge >= 0.3 is 0 Å². The van der Waals surface area contributed by atoms with E-state index in [-0.39, 0.29) is 6.10 Å². The van der Waals surface area contributed by atoms with E-state index in [1.165, 1.54) is 5.56 Å². The van der Waals surface area contributed by atoms with Gasteiger partial charge in [-0.05, 0) is 43.9 Å². The highest BCUT2D eigenvalue weighted by Gasteiger charge is 2.29. The van der Waals surface area contributed by atoms with Crippen LogP contribution in [0.4, 0.5) is 0 Å². The van der Waals surface area contributed by atoms with E-state index in [0.29, 0.717) is 0 Å². The van der Waals surface area contributed by atoms with Crippen molar-refractivity contribution in [2.45, 2.75) is 38.5 Å². The molecule has 0 saturated carbocycles. The van der Waals surface area contributed by atoms with Crippen LogP contribution in [0.2, 0.25) is 0 Å². The largest absolute Gasteiger partial charge is 0.489 e. The Kier molecular flexibility index (Phi) is 4.42. The van der Waals surface area contributed by atoms with Crippen LogP contribution in [0, 0.1) is 6.92 Å². The molecule has 0 radical (unpaired) electrons. The van der Waals surface area contributed by atoms with E-state index in [4.69, 9.17) is 4.74 Å². The normalized spacial score (nSPS) is 23.9. The first kappa shape index (κ1) is 14.4. The summed E-state index contributed by atoms with van der Waals surface area (Å²) in [5.74, 6) is 0.984. The molecule has 1 heterocycles. The summed E-state index contributed by atoms with van der Waals surface area (Å²) in [5, 5.41) is 10.5. The number of aliphatic hydroxyl groups excluding tert-OH is 1. The van der Waals surface area contributed by atoms with E-state index < -0.39 is 6.23 Å². The summed E-state index contributed by atoms with van der Waals surface area (Å²) in [7, 11) is 0. The SMILES string of the molecule is Cc1ccc(C(O)N2CCC(OC3=CCCC=C3)C2)cc1. The highest BCUT2D eigenvalue weighted by molar-refractivity contribution is 5.23. The lowest BCUT2D eigenvalue weighted by molar-refractivity contribution is 0.00758. The lowest BCUT2D eigenvalue weighted by Crippen LogP contribution is -2.28. The summed E-state index contributed by atoms with van der Waals surface area (Å²) in [6.07, 6.45) is 9.15. The molecular formula is C18H23NO2. The van der Waals surface area contributed by atoms with Crippen LogP contribution < -0.4 is 0 Å². The highest BCUT2D eigenvalue weighted by atomic mass is 16.5. The minimum absolute atomic E-state index is 0.180. The third kappa shape index (κ3) is 3.55. The Morgan fingerprint density at radius 3 is 2.76 bits per heavy atom. The third-order valence-electron chi connectivity index (χ3n) is 4.16. The second kappa shape index (κ2) is 6.46. The van der Waals surface area contributed by atoms with Crippen molar-refractivity contribution in [2.24, 2.45) is 0 Å². The van der Waals surface area contributed by atoms with E-state index in [1.54, 1.807) is 0 Å². The van der Waals surface area contributed by atoms with Gasteiger partial charge in [0.05, 0.1) is 0 Å². The van der Waals surface area contributed by atoms with E-state index >= 15 is 0 Å². The van der Waals surface area contributed by atoms with Gasteiger partial charge in [-0.15, -0.1) is 0 Å². The van der Waals surface area contributed by atoms with Crippen molar-refractivity contribution in [3.63, 3.8) is 0 Å². The van der Waals surface area contributed by atoms with Crippen LogP contribution in [0.5, 0.6) is 0 Å². The van der Waals surface area contributed by atoms with Crippen LogP contribution >= 0.6 is 0 Å². The van der Waals surface area contributed by atoms with E-state index in [1.807, 2.05) is 24.3 Å². The maximum absolute atomic E-state index is 10.5. The van der Waals surface area contributed by atoms with Gasteiger partial charge in [-0.25, -0.2) is 0 Å². The minimum atomic E-state index is -0.532. The van der Waals surface area contributed by atoms with Crippen molar-refractivity contribution in [1.82, 2.24) is 4.90 Å². The van der Waals surface area contributed by atoms with Crippen molar-refractivity contribution in [2.75, 3.05) is 13.1 Å². The molecule has 0 amide bonds. The predicted molar refractivity (Wildman–Crippen MR) is 83.7 cm³/mol. The van der Waals surface area contributed by atoms with E-state index in [2.05, 4.69) is 30.1 Å². The molecule has 1 saturated heterocycles. The number of rotatable bonds is 4. The number of aliphatic hydroxyl groups is 1. The zero-order chi connectivity index (χ0) is 14.7. The second-order valence-corrected chi connectivity index (χ2v) is 5.89. The monoisotopic (exact) mass is 285 g/mol. The summed E-state index contributed by atoms with van der Waals surface area (Å²) in [4.78, 5) is 2.09. The van der Waals surface area contributed by atoms with Crippen LogP contribution in [0.3, 0.4) is 0 Å². The molecule has 0 aromatic heterocycles. The molecule has 1 aliphatic carbocycles. The number of aryl methyl sites for hydroxylation is 1. The number of ether oxygens (including phenoxy) is 1. The van der Waals surface area contributed by atoms with Gasteiger partial charge < -0.3 is 9.84 Å². The van der Waals surface area contributed by atoms with Crippen molar-refractivity contribution in [3.05, 3.63) is 59.4 Å². The number of likely N-dealkylation sites (tertiary alicyclic amines) is 1. The first-order valence-corrected chi connectivity index (χ1v) is 7.74. The number of allylic oxidation sites excluding steroid dienone is 3. The Labute approximate surface area is 126 Å². The average molecular weight is 285 g/mol. The molecule has 3 rings (SSSR count). The highest BCUT2D eigenvalue weighted by Crippen LogP contribution is 2.26. The number of hydrogen-bond donors (Lipinski definition) is 1. The Morgan fingerprint density at radius 1 is 1.24 bits per heavy atom. The zero-order valence-corrected chi connectivity index (χ0v) is 12.5. The fourth-order valence-corrected chi connectivity index (χ4v) is 2.89. The lowest BCUT2D eigenvalue weighted by atomic mass is 10.1. The van der Waals surface area contributed by atoms with Crippen LogP contribution in [0.15, 0.2) is 48.3 Å². The zero-order valence-electron chi connectivity index (χ0n) is 12.5. The van der Waals surface area contributed by atoms with Crippen molar-refractivity contribution in [3.8, 4) is 0 Å². The van der Waals surface area contributed by atoms with Crippen LogP contribution in [-0.2, 0) is 4.74 Å². The van der Waals surface area contributed by atoms with Gasteiger partial charge in [0, 0.05) is 13.1 Å². The third-order valence-corrected chi connectivity index (χ3v) is 4.16. The maximum atomic E-state index is 10.5. The van der Waals surface area contributed by atoms with Crippen molar-refractivity contribution < 1.29 is 9.84 Å². The molecule has 2 unspecified atom stereocenters. The van der Waals surface area contributed by atoms with Crippen molar-refractivity contribution in [1.29, 1.82) is 0 Å². The topological polar surface area (TPSA) is 32.7 Å². The molecule has 1 aromatic carbocycles. The van der Waals surface area contributed by atoms with Gasteiger partial charge in [0.2, 0.25) is 0 Å². The maximum Gasteiger partial charge on any atom is 0.133 e. The standard InChI is InChI=1S/C18H23NO2/c1-14-7-9-15(10-8-14)18(20)19-12-11-17(13-19)21-16-5-3-2-4-6-16/h3,5-10,17-18,20H,2,4,11-13H2,1H3. The Bertz CT molecular complexity index is 533. The summed E-state index contributed by atoms with van der Waals surface area (Å²) in [6.45, 7) is 3.71. The predicted octanol–water partition coefficient (Wildman–Crippen LogP) is 3.31. The average Bonchev–Trinajstić information content (AvgIpc) is 2.97. The molecule has 1 fully saturated rings. The molecule has 2 aliphatic rings. The molecule has 21 heavy (non-hydrogen) atoms. The quantitative estimate of drug-likeness (QED) is 0.921. The van der Waals surface area contributed by atoms with Crippen molar-refractivity contribution >= 4 is 0 Å². The number of benzene rings is 1. The van der Waals surface area contributed by atoms with Gasteiger partial charge in [0.15, 0.2) is 0 Å². The first-order valence-electron chi connectivity index (χ1n) is 7.74. The molecule has 0 spiro atoms. The van der Waals surface area contributed by atoms with E-state index in [0.717, 1.165) is 43.7 Å². The molecule has 3 nitrogen and oxygen atoms in total. The fraction of sp³-hybridized carbons (Fsp3) is 0.444. The molecule has 0 bridgehead atoms. The number of hydrogen-bond acceptors (Lipinski definition) is 3. The van der Waals surface area contributed by atoms with Gasteiger partial charge in [-0.2, -0.15) is 0 Å². The van der Waals surface area contributed by atoms with Gasteiger partial charge in [0.1, 0.15) is 18.1 Å². The molecule has 1 aromatic rings. The van der Waals surface area contributed by atoms with E-state index in [9.17, 15) is 5.11 Å². The van der Waals surface area contributed by atoms with Gasteiger partial charge in [-0.3, -0.25) is 4.90 Å². The summed E-state index contributed by atoms with van der Waals surface area (Å²) < 4.78 is 6.01. The fourth-order valence-electron chi connectivity index (χ4n) is 2.89. The molecule has 1 aliphatic heterocycles. The van der Waals surface area contributed by atoms with Crippen LogP contribution in [0.25, 0.3) is 0 Å². The van der Waals surface area contributed by atoms with Crippen LogP contribution in [0.1, 0.15) is 36.6 Å². The van der Waals surface area contributed by atoms with Gasteiger partial charge in [0.25, 0.3) is 0 Å². The minimum Gasteiger partial charge on any atom is -0.489 e. The Hall–Kier alpha value is -1.58. The lowest BCUT2D eigenvalue weighted by Gasteiger charge is -2.23. The Morgan fingerprint density at radius 2 is 2.05 bits per heavy atom. The van der Waals surface area contributed by atoms with Crippen LogP contribution in [-0.4, -0.2) is 29.2 Å². The molecule has 112 valence electrons. The smallest absolute Gasteiger partial charge is 0.133 e.